The summed E-state index contributed by atoms with van der Waals surface area (Å²) < 4.78 is 6.87. The quantitative estimate of drug-likeness (QED) is 0.661. The predicted molar refractivity (Wildman–Crippen MR) is 88.6 cm³/mol. The molecule has 8 heteroatoms. The Hall–Kier alpha value is -1.28. The Morgan fingerprint density at radius 1 is 1.18 bits per heavy atom. The number of hydrogen-bond acceptors (Lipinski definition) is 6. The predicted octanol–water partition coefficient (Wildman–Crippen LogP) is 1.74. The number of nitrogen functional groups attached to an aromatic ring is 1. The van der Waals surface area contributed by atoms with Gasteiger partial charge in [0.15, 0.2) is 5.82 Å². The van der Waals surface area contributed by atoms with Crippen LogP contribution in [-0.4, -0.2) is 58.4 Å². The molecule has 0 saturated carbocycles. The molecule has 6 nitrogen and oxygen atoms in total. The molecule has 2 heterocycles. The SMILES string of the molecule is Nn1c(SCCN2CCOCC2)nnc1-c1ccc(Cl)cc1. The van der Waals surface area contributed by atoms with Gasteiger partial charge in [-0.1, -0.05) is 23.4 Å². The molecule has 1 saturated heterocycles. The number of thioether (sulfide) groups is 1. The van der Waals surface area contributed by atoms with E-state index in [1.807, 2.05) is 24.3 Å². The molecule has 2 N–H and O–H groups in total. The fraction of sp³-hybridized carbons (Fsp3) is 0.429. The number of ether oxygens (including phenoxy) is 1. The number of hydrogen-bond donors (Lipinski definition) is 1. The Labute approximate surface area is 138 Å². The molecule has 0 unspecified atom stereocenters. The number of morpholine rings is 1. The fourth-order valence-electron chi connectivity index (χ4n) is 2.26. The maximum Gasteiger partial charge on any atom is 0.210 e. The maximum atomic E-state index is 6.10. The summed E-state index contributed by atoms with van der Waals surface area (Å²) in [5.41, 5.74) is 0.902. The van der Waals surface area contributed by atoms with E-state index in [2.05, 4.69) is 15.1 Å². The molecule has 118 valence electrons. The van der Waals surface area contributed by atoms with Crippen molar-refractivity contribution in [3.63, 3.8) is 0 Å². The second-order valence-corrected chi connectivity index (χ2v) is 6.48. The smallest absolute Gasteiger partial charge is 0.210 e. The van der Waals surface area contributed by atoms with E-state index in [1.165, 1.54) is 4.68 Å². The van der Waals surface area contributed by atoms with Gasteiger partial charge in [-0.05, 0) is 24.3 Å². The van der Waals surface area contributed by atoms with Crippen LogP contribution in [0, 0.1) is 0 Å². The molecule has 0 amide bonds. The van der Waals surface area contributed by atoms with Crippen molar-refractivity contribution >= 4 is 23.4 Å². The summed E-state index contributed by atoms with van der Waals surface area (Å²) in [5, 5.41) is 9.75. The zero-order valence-electron chi connectivity index (χ0n) is 12.1. The van der Waals surface area contributed by atoms with Crippen LogP contribution in [0.4, 0.5) is 0 Å². The number of halogens is 1. The van der Waals surface area contributed by atoms with Gasteiger partial charge in [0.05, 0.1) is 13.2 Å². The number of benzene rings is 1. The van der Waals surface area contributed by atoms with E-state index in [0.29, 0.717) is 10.8 Å². The lowest BCUT2D eigenvalue weighted by atomic mass is 10.2. The minimum Gasteiger partial charge on any atom is -0.379 e. The molecule has 0 bridgehead atoms. The molecule has 1 aliphatic rings. The molecule has 1 aromatic heterocycles. The number of rotatable bonds is 5. The van der Waals surface area contributed by atoms with Crippen molar-refractivity contribution in [3.8, 4) is 11.4 Å². The molecule has 0 atom stereocenters. The van der Waals surface area contributed by atoms with E-state index in [-0.39, 0.29) is 0 Å². The highest BCUT2D eigenvalue weighted by molar-refractivity contribution is 7.99. The zero-order chi connectivity index (χ0) is 15.4. The van der Waals surface area contributed by atoms with Crippen LogP contribution in [0.1, 0.15) is 0 Å². The molecular formula is C14H18ClN5OS. The van der Waals surface area contributed by atoms with Gasteiger partial charge in [-0.3, -0.25) is 4.90 Å². The van der Waals surface area contributed by atoms with Crippen molar-refractivity contribution in [2.45, 2.75) is 5.16 Å². The van der Waals surface area contributed by atoms with E-state index in [9.17, 15) is 0 Å². The largest absolute Gasteiger partial charge is 0.379 e. The highest BCUT2D eigenvalue weighted by Gasteiger charge is 2.14. The van der Waals surface area contributed by atoms with Gasteiger partial charge >= 0.3 is 0 Å². The Morgan fingerprint density at radius 2 is 1.91 bits per heavy atom. The first kappa shape index (κ1) is 15.6. The molecule has 0 aliphatic carbocycles. The van der Waals surface area contributed by atoms with Gasteiger partial charge in [0, 0.05) is 36.0 Å². The van der Waals surface area contributed by atoms with Crippen molar-refractivity contribution in [1.29, 1.82) is 0 Å². The van der Waals surface area contributed by atoms with Crippen molar-refractivity contribution in [3.05, 3.63) is 29.3 Å². The first-order valence-electron chi connectivity index (χ1n) is 7.13. The van der Waals surface area contributed by atoms with Crippen molar-refractivity contribution in [2.24, 2.45) is 0 Å². The van der Waals surface area contributed by atoms with Gasteiger partial charge in [-0.15, -0.1) is 10.2 Å². The van der Waals surface area contributed by atoms with Crippen LogP contribution in [0.5, 0.6) is 0 Å². The van der Waals surface area contributed by atoms with Crippen LogP contribution in [0.25, 0.3) is 11.4 Å². The summed E-state index contributed by atoms with van der Waals surface area (Å²) in [7, 11) is 0. The Kier molecular flexibility index (Phi) is 5.20. The third-order valence-electron chi connectivity index (χ3n) is 3.51. The van der Waals surface area contributed by atoms with E-state index in [0.717, 1.165) is 49.3 Å². The van der Waals surface area contributed by atoms with E-state index < -0.39 is 0 Å². The summed E-state index contributed by atoms with van der Waals surface area (Å²) in [6.07, 6.45) is 0. The number of aromatic nitrogens is 3. The molecule has 3 rings (SSSR count). The second-order valence-electron chi connectivity index (χ2n) is 4.99. The number of nitrogens with two attached hydrogens (primary N) is 1. The van der Waals surface area contributed by atoms with Gasteiger partial charge in [-0.2, -0.15) is 0 Å². The monoisotopic (exact) mass is 339 g/mol. The van der Waals surface area contributed by atoms with E-state index in [4.69, 9.17) is 22.2 Å². The highest BCUT2D eigenvalue weighted by Crippen LogP contribution is 2.23. The van der Waals surface area contributed by atoms with Crippen molar-refractivity contribution in [1.82, 2.24) is 19.8 Å². The van der Waals surface area contributed by atoms with Crippen LogP contribution in [0.15, 0.2) is 29.4 Å². The Bertz CT molecular complexity index is 612. The average molecular weight is 340 g/mol. The van der Waals surface area contributed by atoms with Crippen LogP contribution in [-0.2, 0) is 4.74 Å². The van der Waals surface area contributed by atoms with E-state index >= 15 is 0 Å². The molecule has 1 aliphatic heterocycles. The Balaban J connectivity index is 1.59. The molecule has 2 aromatic rings. The molecule has 1 aromatic carbocycles. The minimum atomic E-state index is 0.644. The van der Waals surface area contributed by atoms with Crippen LogP contribution in [0.3, 0.4) is 0 Å². The summed E-state index contributed by atoms with van der Waals surface area (Å²) in [6.45, 7) is 4.62. The lowest BCUT2D eigenvalue weighted by Crippen LogP contribution is -2.37. The zero-order valence-corrected chi connectivity index (χ0v) is 13.7. The second kappa shape index (κ2) is 7.32. The molecule has 1 fully saturated rings. The van der Waals surface area contributed by atoms with E-state index in [1.54, 1.807) is 11.8 Å². The van der Waals surface area contributed by atoms with Gasteiger partial charge in [0.1, 0.15) is 0 Å². The standard InChI is InChI=1S/C14H18ClN5OS/c15-12-3-1-11(2-4-12)13-17-18-14(20(13)16)22-10-7-19-5-8-21-9-6-19/h1-4H,5-10,16H2. The van der Waals surface area contributed by atoms with Crippen molar-refractivity contribution in [2.75, 3.05) is 44.4 Å². The first-order chi connectivity index (χ1) is 10.7. The summed E-state index contributed by atoms with van der Waals surface area (Å²) in [4.78, 5) is 2.38. The third-order valence-corrected chi connectivity index (χ3v) is 4.68. The van der Waals surface area contributed by atoms with Crippen LogP contribution in [0.2, 0.25) is 5.02 Å². The lowest BCUT2D eigenvalue weighted by molar-refractivity contribution is 0.0410. The summed E-state index contributed by atoms with van der Waals surface area (Å²) in [5.74, 6) is 7.67. The molecular weight excluding hydrogens is 322 g/mol. The number of nitrogens with zero attached hydrogens (tertiary/aromatic N) is 4. The molecule has 0 spiro atoms. The van der Waals surface area contributed by atoms with Crippen LogP contribution < -0.4 is 5.84 Å². The lowest BCUT2D eigenvalue weighted by Gasteiger charge is -2.26. The maximum absolute atomic E-state index is 6.10. The molecule has 22 heavy (non-hydrogen) atoms. The average Bonchev–Trinajstić information content (AvgIpc) is 2.90. The first-order valence-corrected chi connectivity index (χ1v) is 8.50. The van der Waals surface area contributed by atoms with Gasteiger partial charge in [0.25, 0.3) is 0 Å². The van der Waals surface area contributed by atoms with Gasteiger partial charge < -0.3 is 10.6 Å². The Morgan fingerprint density at radius 3 is 2.64 bits per heavy atom. The van der Waals surface area contributed by atoms with Gasteiger partial charge in [0.2, 0.25) is 5.16 Å². The fourth-order valence-corrected chi connectivity index (χ4v) is 3.24. The molecule has 0 radical (unpaired) electrons. The normalized spacial score (nSPS) is 16.0. The third kappa shape index (κ3) is 3.73. The minimum absolute atomic E-state index is 0.644. The van der Waals surface area contributed by atoms with Crippen LogP contribution >= 0.6 is 23.4 Å². The summed E-state index contributed by atoms with van der Waals surface area (Å²) >= 11 is 7.51. The topological polar surface area (TPSA) is 69.2 Å². The van der Waals surface area contributed by atoms with Gasteiger partial charge in [-0.25, -0.2) is 4.68 Å². The van der Waals surface area contributed by atoms with Crippen molar-refractivity contribution < 1.29 is 4.74 Å². The highest BCUT2D eigenvalue weighted by atomic mass is 35.5. The summed E-state index contributed by atoms with van der Waals surface area (Å²) in [6, 6.07) is 7.41.